The predicted molar refractivity (Wildman–Crippen MR) is 72.2 cm³/mol. The van der Waals surface area contributed by atoms with E-state index in [1.807, 2.05) is 30.0 Å². The Bertz CT molecular complexity index is 433. The van der Waals surface area contributed by atoms with Gasteiger partial charge < -0.3 is 10.2 Å². The van der Waals surface area contributed by atoms with Crippen molar-refractivity contribution in [3.05, 3.63) is 33.8 Å². The molecule has 2 rings (SSSR count). The van der Waals surface area contributed by atoms with Crippen LogP contribution in [0.2, 0.25) is 0 Å². The number of hydrogen-bond acceptors (Lipinski definition) is 2. The second-order valence-corrected chi connectivity index (χ2v) is 5.48. The predicted octanol–water partition coefficient (Wildman–Crippen LogP) is 2.19. The minimum absolute atomic E-state index is 0.136. The number of amides is 1. The highest BCUT2D eigenvalue weighted by Gasteiger charge is 2.22. The van der Waals surface area contributed by atoms with Crippen LogP contribution in [0.1, 0.15) is 22.8 Å². The van der Waals surface area contributed by atoms with E-state index in [9.17, 15) is 4.79 Å². The molecule has 1 aliphatic rings. The number of nitrogens with one attached hydrogen (secondary N) is 1. The Morgan fingerprint density at radius 1 is 1.53 bits per heavy atom. The third-order valence-electron chi connectivity index (χ3n) is 3.09. The van der Waals surface area contributed by atoms with Gasteiger partial charge in [0.25, 0.3) is 5.91 Å². The fourth-order valence-electron chi connectivity index (χ4n) is 2.11. The third kappa shape index (κ3) is 2.87. The third-order valence-corrected chi connectivity index (χ3v) is 3.58. The molecule has 92 valence electrons. The van der Waals surface area contributed by atoms with E-state index >= 15 is 0 Å². The molecule has 1 unspecified atom stereocenters. The van der Waals surface area contributed by atoms with Gasteiger partial charge in [0.2, 0.25) is 0 Å². The van der Waals surface area contributed by atoms with Gasteiger partial charge in [0.1, 0.15) is 0 Å². The molecule has 4 heteroatoms. The largest absolute Gasteiger partial charge is 0.336 e. The van der Waals surface area contributed by atoms with Gasteiger partial charge in [0.15, 0.2) is 0 Å². The zero-order valence-electron chi connectivity index (χ0n) is 10.2. The van der Waals surface area contributed by atoms with Crippen LogP contribution in [0.3, 0.4) is 0 Å². The van der Waals surface area contributed by atoms with Crippen LogP contribution in [0, 0.1) is 6.92 Å². The van der Waals surface area contributed by atoms with Crippen LogP contribution in [0.15, 0.2) is 22.7 Å². The van der Waals surface area contributed by atoms with Crippen LogP contribution >= 0.6 is 15.9 Å². The van der Waals surface area contributed by atoms with Crippen molar-refractivity contribution >= 4 is 21.8 Å². The highest BCUT2D eigenvalue weighted by atomic mass is 79.9. The molecule has 0 saturated carbocycles. The van der Waals surface area contributed by atoms with Gasteiger partial charge in [-0.05, 0) is 31.5 Å². The number of carbonyl (C=O) groups is 1. The Labute approximate surface area is 110 Å². The van der Waals surface area contributed by atoms with E-state index < -0.39 is 0 Å². The molecule has 1 aromatic rings. The quantitative estimate of drug-likeness (QED) is 0.862. The Hall–Kier alpha value is -0.870. The zero-order valence-corrected chi connectivity index (χ0v) is 11.8. The van der Waals surface area contributed by atoms with E-state index in [4.69, 9.17) is 0 Å². The van der Waals surface area contributed by atoms with Crippen LogP contribution in [0.25, 0.3) is 0 Å². The number of carbonyl (C=O) groups excluding carboxylic acids is 1. The number of piperazine rings is 1. The van der Waals surface area contributed by atoms with Crippen molar-refractivity contribution in [1.29, 1.82) is 0 Å². The van der Waals surface area contributed by atoms with Crippen molar-refractivity contribution in [2.45, 2.75) is 19.9 Å². The average molecular weight is 297 g/mol. The molecular formula is C13H17BrN2O. The second-order valence-electron chi connectivity index (χ2n) is 4.57. The maximum atomic E-state index is 12.4. The molecule has 1 amide bonds. The van der Waals surface area contributed by atoms with Crippen molar-refractivity contribution in [3.63, 3.8) is 0 Å². The van der Waals surface area contributed by atoms with Crippen molar-refractivity contribution in [1.82, 2.24) is 10.2 Å². The van der Waals surface area contributed by atoms with Gasteiger partial charge in [-0.3, -0.25) is 4.79 Å². The molecule has 1 aliphatic heterocycles. The Morgan fingerprint density at radius 3 is 3.00 bits per heavy atom. The molecule has 1 aromatic carbocycles. The molecule has 3 nitrogen and oxygen atoms in total. The van der Waals surface area contributed by atoms with E-state index in [0.717, 1.165) is 35.2 Å². The first-order chi connectivity index (χ1) is 8.08. The van der Waals surface area contributed by atoms with Crippen LogP contribution in [-0.2, 0) is 0 Å². The number of aryl methyl sites for hydroxylation is 1. The molecule has 17 heavy (non-hydrogen) atoms. The molecule has 1 fully saturated rings. The summed E-state index contributed by atoms with van der Waals surface area (Å²) in [5.41, 5.74) is 1.83. The van der Waals surface area contributed by atoms with Gasteiger partial charge in [-0.25, -0.2) is 0 Å². The first kappa shape index (κ1) is 12.6. The Morgan fingerprint density at radius 2 is 2.29 bits per heavy atom. The van der Waals surface area contributed by atoms with Crippen molar-refractivity contribution in [2.24, 2.45) is 0 Å². The number of halogens is 1. The summed E-state index contributed by atoms with van der Waals surface area (Å²) in [4.78, 5) is 14.3. The van der Waals surface area contributed by atoms with Gasteiger partial charge in [-0.2, -0.15) is 0 Å². The van der Waals surface area contributed by atoms with Gasteiger partial charge >= 0.3 is 0 Å². The molecule has 1 N–H and O–H groups in total. The zero-order chi connectivity index (χ0) is 12.4. The molecule has 0 bridgehead atoms. The first-order valence-electron chi connectivity index (χ1n) is 5.87. The average Bonchev–Trinajstić information content (AvgIpc) is 2.31. The van der Waals surface area contributed by atoms with Crippen molar-refractivity contribution < 1.29 is 4.79 Å². The lowest BCUT2D eigenvalue weighted by Crippen LogP contribution is -2.51. The summed E-state index contributed by atoms with van der Waals surface area (Å²) in [6, 6.07) is 6.22. The minimum atomic E-state index is 0.136. The molecule has 0 spiro atoms. The Kier molecular flexibility index (Phi) is 3.84. The molecule has 0 aromatic heterocycles. The van der Waals surface area contributed by atoms with Crippen molar-refractivity contribution in [3.8, 4) is 0 Å². The normalized spacial score (nSPS) is 20.4. The lowest BCUT2D eigenvalue weighted by atomic mass is 10.1. The standard InChI is InChI=1S/C13H17BrN2O/c1-9-3-4-11(14)7-12(9)13(17)16-6-5-15-10(2)8-16/h3-4,7,10,15H,5-6,8H2,1-2H3. The Balaban J connectivity index is 2.21. The topological polar surface area (TPSA) is 32.3 Å². The number of nitrogens with zero attached hydrogens (tertiary/aromatic N) is 1. The lowest BCUT2D eigenvalue weighted by Gasteiger charge is -2.32. The van der Waals surface area contributed by atoms with Gasteiger partial charge in [0, 0.05) is 35.7 Å². The summed E-state index contributed by atoms with van der Waals surface area (Å²) in [7, 11) is 0. The molecule has 0 aliphatic carbocycles. The molecule has 0 radical (unpaired) electrons. The van der Waals surface area contributed by atoms with Crippen LogP contribution < -0.4 is 5.32 Å². The molecular weight excluding hydrogens is 280 g/mol. The van der Waals surface area contributed by atoms with E-state index in [2.05, 4.69) is 28.2 Å². The summed E-state index contributed by atoms with van der Waals surface area (Å²) in [5.74, 6) is 0.136. The molecule has 1 atom stereocenters. The van der Waals surface area contributed by atoms with Crippen molar-refractivity contribution in [2.75, 3.05) is 19.6 Å². The fourth-order valence-corrected chi connectivity index (χ4v) is 2.47. The van der Waals surface area contributed by atoms with Crippen LogP contribution in [0.4, 0.5) is 0 Å². The maximum Gasteiger partial charge on any atom is 0.254 e. The van der Waals surface area contributed by atoms with Gasteiger partial charge in [0.05, 0.1) is 0 Å². The second kappa shape index (κ2) is 5.19. The SMILES string of the molecule is Cc1ccc(Br)cc1C(=O)N1CCNC(C)C1. The van der Waals surface area contributed by atoms with Gasteiger partial charge in [-0.15, -0.1) is 0 Å². The summed E-state index contributed by atoms with van der Waals surface area (Å²) < 4.78 is 0.953. The van der Waals surface area contributed by atoms with Gasteiger partial charge in [-0.1, -0.05) is 22.0 Å². The fraction of sp³-hybridized carbons (Fsp3) is 0.462. The number of rotatable bonds is 1. The van der Waals surface area contributed by atoms with E-state index in [1.165, 1.54) is 0 Å². The summed E-state index contributed by atoms with van der Waals surface area (Å²) in [6.07, 6.45) is 0. The van der Waals surface area contributed by atoms with E-state index in [1.54, 1.807) is 0 Å². The highest BCUT2D eigenvalue weighted by molar-refractivity contribution is 9.10. The van der Waals surface area contributed by atoms with E-state index in [-0.39, 0.29) is 5.91 Å². The lowest BCUT2D eigenvalue weighted by molar-refractivity contribution is 0.0708. The highest BCUT2D eigenvalue weighted by Crippen LogP contribution is 2.18. The number of benzene rings is 1. The summed E-state index contributed by atoms with van der Waals surface area (Å²) >= 11 is 3.42. The maximum absolute atomic E-state index is 12.4. The molecule has 1 saturated heterocycles. The molecule has 1 heterocycles. The minimum Gasteiger partial charge on any atom is -0.336 e. The monoisotopic (exact) mass is 296 g/mol. The first-order valence-corrected chi connectivity index (χ1v) is 6.66. The van der Waals surface area contributed by atoms with Crippen LogP contribution in [0.5, 0.6) is 0 Å². The van der Waals surface area contributed by atoms with Crippen LogP contribution in [-0.4, -0.2) is 36.5 Å². The summed E-state index contributed by atoms with van der Waals surface area (Å²) in [6.45, 7) is 6.53. The smallest absolute Gasteiger partial charge is 0.254 e. The number of hydrogen-bond donors (Lipinski definition) is 1. The van der Waals surface area contributed by atoms with E-state index in [0.29, 0.717) is 6.04 Å². The summed E-state index contributed by atoms with van der Waals surface area (Å²) in [5, 5.41) is 3.34.